The molecule has 2 heterocycles. The maximum absolute atomic E-state index is 5.34. The van der Waals surface area contributed by atoms with E-state index in [0.29, 0.717) is 5.89 Å². The standard InChI is InChI=1S/C8H10N2O/c1-5-3-4-7-8(9-5)10-6(2)11-7/h3-4H2,1-2H3. The Morgan fingerprint density at radius 2 is 2.09 bits per heavy atom. The Labute approximate surface area is 65.2 Å². The van der Waals surface area contributed by atoms with Crippen LogP contribution in [0, 0.1) is 6.92 Å². The van der Waals surface area contributed by atoms with Gasteiger partial charge in [0.1, 0.15) is 0 Å². The number of nitrogens with zero attached hydrogens (tertiary/aromatic N) is 2. The topological polar surface area (TPSA) is 38.4 Å². The van der Waals surface area contributed by atoms with Gasteiger partial charge in [0.25, 0.3) is 0 Å². The van der Waals surface area contributed by atoms with Gasteiger partial charge < -0.3 is 4.42 Å². The Balaban J connectivity index is 2.50. The second-order valence-electron chi connectivity index (χ2n) is 2.83. The minimum atomic E-state index is 0.716. The zero-order valence-corrected chi connectivity index (χ0v) is 6.72. The molecule has 0 atom stereocenters. The van der Waals surface area contributed by atoms with E-state index in [0.717, 1.165) is 30.1 Å². The lowest BCUT2D eigenvalue weighted by Crippen LogP contribution is -1.99. The Morgan fingerprint density at radius 1 is 1.27 bits per heavy atom. The lowest BCUT2D eigenvalue weighted by Gasteiger charge is -2.04. The maximum Gasteiger partial charge on any atom is 0.194 e. The van der Waals surface area contributed by atoms with Crippen molar-refractivity contribution in [1.82, 2.24) is 4.98 Å². The molecule has 0 unspecified atom stereocenters. The quantitative estimate of drug-likeness (QED) is 0.567. The van der Waals surface area contributed by atoms with Crippen molar-refractivity contribution in [3.8, 4) is 0 Å². The van der Waals surface area contributed by atoms with Crippen LogP contribution in [0.15, 0.2) is 9.41 Å². The highest BCUT2D eigenvalue weighted by Crippen LogP contribution is 2.25. The SMILES string of the molecule is CC1=Nc2nc(C)oc2CC1. The number of rotatable bonds is 0. The van der Waals surface area contributed by atoms with Crippen LogP contribution in [0.1, 0.15) is 25.0 Å². The molecule has 0 N–H and O–H groups in total. The Kier molecular flexibility index (Phi) is 1.31. The largest absolute Gasteiger partial charge is 0.444 e. The molecule has 0 saturated carbocycles. The molecule has 1 aromatic heterocycles. The zero-order valence-electron chi connectivity index (χ0n) is 6.72. The molecule has 0 aromatic carbocycles. The van der Waals surface area contributed by atoms with Gasteiger partial charge in [-0.15, -0.1) is 0 Å². The smallest absolute Gasteiger partial charge is 0.194 e. The number of aromatic nitrogens is 1. The van der Waals surface area contributed by atoms with Crippen LogP contribution in [-0.4, -0.2) is 10.7 Å². The second-order valence-corrected chi connectivity index (χ2v) is 2.83. The number of hydrogen-bond donors (Lipinski definition) is 0. The molecule has 3 heteroatoms. The first-order valence-corrected chi connectivity index (χ1v) is 3.76. The van der Waals surface area contributed by atoms with Crippen LogP contribution in [-0.2, 0) is 6.42 Å². The predicted octanol–water partition coefficient (Wildman–Crippen LogP) is 2.02. The lowest BCUT2D eigenvalue weighted by molar-refractivity contribution is 0.476. The summed E-state index contributed by atoms with van der Waals surface area (Å²) in [6.07, 6.45) is 1.95. The third-order valence-electron chi connectivity index (χ3n) is 1.79. The van der Waals surface area contributed by atoms with Gasteiger partial charge in [-0.3, -0.25) is 0 Å². The highest BCUT2D eigenvalue weighted by atomic mass is 16.4. The highest BCUT2D eigenvalue weighted by molar-refractivity contribution is 5.85. The molecule has 1 aliphatic heterocycles. The van der Waals surface area contributed by atoms with Gasteiger partial charge in [-0.25, -0.2) is 4.99 Å². The molecule has 0 fully saturated rings. The van der Waals surface area contributed by atoms with E-state index in [1.54, 1.807) is 0 Å². The molecule has 2 rings (SSSR count). The van der Waals surface area contributed by atoms with Gasteiger partial charge in [-0.1, -0.05) is 0 Å². The maximum atomic E-state index is 5.34. The van der Waals surface area contributed by atoms with E-state index in [-0.39, 0.29) is 0 Å². The van der Waals surface area contributed by atoms with E-state index in [1.165, 1.54) is 0 Å². The lowest BCUT2D eigenvalue weighted by atomic mass is 10.1. The molecule has 58 valence electrons. The van der Waals surface area contributed by atoms with E-state index in [9.17, 15) is 0 Å². The van der Waals surface area contributed by atoms with E-state index in [2.05, 4.69) is 9.98 Å². The van der Waals surface area contributed by atoms with E-state index >= 15 is 0 Å². The van der Waals surface area contributed by atoms with Crippen molar-refractivity contribution in [2.45, 2.75) is 26.7 Å². The Bertz CT molecular complexity index is 312. The summed E-state index contributed by atoms with van der Waals surface area (Å²) in [5.74, 6) is 2.44. The fourth-order valence-corrected chi connectivity index (χ4v) is 1.24. The summed E-state index contributed by atoms with van der Waals surface area (Å²) in [4.78, 5) is 8.43. The number of hydrogen-bond acceptors (Lipinski definition) is 3. The average molecular weight is 150 g/mol. The van der Waals surface area contributed by atoms with Crippen molar-refractivity contribution in [2.24, 2.45) is 4.99 Å². The summed E-state index contributed by atoms with van der Waals surface area (Å²) in [5.41, 5.74) is 1.14. The summed E-state index contributed by atoms with van der Waals surface area (Å²) in [6, 6.07) is 0. The van der Waals surface area contributed by atoms with Crippen LogP contribution >= 0.6 is 0 Å². The van der Waals surface area contributed by atoms with Crippen LogP contribution in [0.2, 0.25) is 0 Å². The van der Waals surface area contributed by atoms with Crippen LogP contribution in [0.25, 0.3) is 0 Å². The Hall–Kier alpha value is -1.12. The van der Waals surface area contributed by atoms with Crippen molar-refractivity contribution in [3.63, 3.8) is 0 Å². The van der Waals surface area contributed by atoms with Crippen molar-refractivity contribution < 1.29 is 4.42 Å². The fraction of sp³-hybridized carbons (Fsp3) is 0.500. The molecule has 0 aliphatic carbocycles. The molecule has 1 aromatic rings. The Morgan fingerprint density at radius 3 is 2.91 bits per heavy atom. The third-order valence-corrected chi connectivity index (χ3v) is 1.79. The molecule has 0 radical (unpaired) electrons. The molecular weight excluding hydrogens is 140 g/mol. The summed E-state index contributed by atoms with van der Waals surface area (Å²) < 4.78 is 5.34. The summed E-state index contributed by atoms with van der Waals surface area (Å²) in [7, 11) is 0. The first kappa shape index (κ1) is 6.58. The molecule has 11 heavy (non-hydrogen) atoms. The number of aryl methyl sites for hydroxylation is 2. The van der Waals surface area contributed by atoms with Crippen molar-refractivity contribution in [3.05, 3.63) is 11.7 Å². The molecular formula is C8H10N2O. The monoisotopic (exact) mass is 150 g/mol. The van der Waals surface area contributed by atoms with E-state index in [4.69, 9.17) is 4.42 Å². The average Bonchev–Trinajstić information content (AvgIpc) is 2.27. The van der Waals surface area contributed by atoms with E-state index < -0.39 is 0 Å². The zero-order chi connectivity index (χ0) is 7.84. The number of oxazole rings is 1. The van der Waals surface area contributed by atoms with Gasteiger partial charge in [0.15, 0.2) is 17.5 Å². The normalized spacial score (nSPS) is 16.0. The van der Waals surface area contributed by atoms with Crippen LogP contribution in [0.5, 0.6) is 0 Å². The van der Waals surface area contributed by atoms with Gasteiger partial charge in [-0.2, -0.15) is 4.98 Å². The summed E-state index contributed by atoms with van der Waals surface area (Å²) in [6.45, 7) is 3.87. The van der Waals surface area contributed by atoms with Crippen LogP contribution < -0.4 is 0 Å². The van der Waals surface area contributed by atoms with Crippen molar-refractivity contribution in [1.29, 1.82) is 0 Å². The molecule has 1 aliphatic rings. The van der Waals surface area contributed by atoms with Crippen LogP contribution in [0.4, 0.5) is 5.82 Å². The van der Waals surface area contributed by atoms with Crippen molar-refractivity contribution >= 4 is 11.5 Å². The van der Waals surface area contributed by atoms with E-state index in [1.807, 2.05) is 13.8 Å². The molecule has 0 spiro atoms. The minimum absolute atomic E-state index is 0.716. The van der Waals surface area contributed by atoms with Gasteiger partial charge in [-0.05, 0) is 13.3 Å². The highest BCUT2D eigenvalue weighted by Gasteiger charge is 2.14. The molecule has 0 bridgehead atoms. The van der Waals surface area contributed by atoms with Crippen LogP contribution in [0.3, 0.4) is 0 Å². The third kappa shape index (κ3) is 1.06. The molecule has 0 saturated heterocycles. The van der Waals surface area contributed by atoms with Gasteiger partial charge in [0.05, 0.1) is 0 Å². The fourth-order valence-electron chi connectivity index (χ4n) is 1.24. The second kappa shape index (κ2) is 2.19. The molecule has 3 nitrogen and oxygen atoms in total. The summed E-state index contributed by atoms with van der Waals surface area (Å²) in [5, 5.41) is 0. The molecule has 0 amide bonds. The number of fused-ring (bicyclic) bond motifs is 1. The van der Waals surface area contributed by atoms with Gasteiger partial charge in [0.2, 0.25) is 0 Å². The van der Waals surface area contributed by atoms with Gasteiger partial charge in [0, 0.05) is 19.1 Å². The summed E-state index contributed by atoms with van der Waals surface area (Å²) >= 11 is 0. The first-order valence-electron chi connectivity index (χ1n) is 3.76. The minimum Gasteiger partial charge on any atom is -0.444 e. The number of aliphatic imine (C=N–C) groups is 1. The predicted molar refractivity (Wildman–Crippen MR) is 42.3 cm³/mol. The first-order chi connectivity index (χ1) is 5.25. The van der Waals surface area contributed by atoms with Crippen molar-refractivity contribution in [2.75, 3.05) is 0 Å². The van der Waals surface area contributed by atoms with Gasteiger partial charge >= 0.3 is 0 Å².